The molecule has 0 aliphatic carbocycles. The molecular weight excluding hydrogens is 481 g/mol. The summed E-state index contributed by atoms with van der Waals surface area (Å²) >= 11 is 0. The molecule has 1 aliphatic heterocycles. The highest BCUT2D eigenvalue weighted by atomic mass is 32.2. The number of rotatable bonds is 6. The Labute approximate surface area is 209 Å². The lowest BCUT2D eigenvalue weighted by molar-refractivity contribution is 0.415. The summed E-state index contributed by atoms with van der Waals surface area (Å²) in [5.74, 6) is 0.719. The summed E-state index contributed by atoms with van der Waals surface area (Å²) in [6, 6.07) is 20.1. The highest BCUT2D eigenvalue weighted by Crippen LogP contribution is 2.36. The largest absolute Gasteiger partial charge is 0.497 e. The first-order valence-electron chi connectivity index (χ1n) is 11.6. The molecule has 9 heteroatoms. The third-order valence-electron chi connectivity index (χ3n) is 6.34. The fourth-order valence-electron chi connectivity index (χ4n) is 4.29. The van der Waals surface area contributed by atoms with Gasteiger partial charge in [0, 0.05) is 37.4 Å². The van der Waals surface area contributed by atoms with Crippen molar-refractivity contribution < 1.29 is 22.0 Å². The van der Waals surface area contributed by atoms with E-state index in [-0.39, 0.29) is 21.7 Å². The van der Waals surface area contributed by atoms with Crippen LogP contribution in [-0.4, -0.2) is 46.7 Å². The molecule has 4 aromatic rings. The van der Waals surface area contributed by atoms with E-state index in [9.17, 15) is 12.8 Å². The van der Waals surface area contributed by atoms with E-state index in [2.05, 4.69) is 9.88 Å². The van der Waals surface area contributed by atoms with Gasteiger partial charge < -0.3 is 19.0 Å². The van der Waals surface area contributed by atoms with Crippen LogP contribution in [-0.2, 0) is 9.84 Å². The molecule has 7 nitrogen and oxygen atoms in total. The zero-order valence-corrected chi connectivity index (χ0v) is 20.8. The van der Waals surface area contributed by atoms with Crippen LogP contribution >= 0.6 is 0 Å². The van der Waals surface area contributed by atoms with E-state index in [0.29, 0.717) is 26.2 Å². The van der Waals surface area contributed by atoms with Crippen LogP contribution in [0, 0.1) is 12.7 Å². The molecule has 1 aromatic heterocycles. The molecule has 0 amide bonds. The van der Waals surface area contributed by atoms with Gasteiger partial charge in [-0.25, -0.2) is 12.8 Å². The third kappa shape index (κ3) is 4.54. The standard InChI is InChI=1S/C27H26FN3O4S/c1-19-5-3-4-6-24(19)25-29-26(36(32,33)23-13-7-20(28)8-14-23)27(35-25)31-17-15-30(16-18-31)21-9-11-22(34-2)12-10-21/h3-14H,15-18H2,1-2H3. The van der Waals surface area contributed by atoms with Crippen molar-refractivity contribution >= 4 is 21.4 Å². The second-order valence-electron chi connectivity index (χ2n) is 8.57. The van der Waals surface area contributed by atoms with Crippen molar-refractivity contribution in [3.05, 3.63) is 84.2 Å². The molecule has 0 unspecified atom stereocenters. The van der Waals surface area contributed by atoms with Crippen molar-refractivity contribution in [2.24, 2.45) is 0 Å². The van der Waals surface area contributed by atoms with Gasteiger partial charge in [0.1, 0.15) is 11.6 Å². The van der Waals surface area contributed by atoms with Crippen molar-refractivity contribution in [1.29, 1.82) is 0 Å². The van der Waals surface area contributed by atoms with Gasteiger partial charge in [0.2, 0.25) is 26.6 Å². The van der Waals surface area contributed by atoms with E-state index in [0.717, 1.165) is 34.7 Å². The number of methoxy groups -OCH3 is 1. The van der Waals surface area contributed by atoms with Crippen LogP contribution in [0.15, 0.2) is 87.1 Å². The van der Waals surface area contributed by atoms with E-state index in [1.54, 1.807) is 7.11 Å². The maximum atomic E-state index is 13.6. The number of hydrogen-bond acceptors (Lipinski definition) is 7. The molecule has 0 radical (unpaired) electrons. The third-order valence-corrected chi connectivity index (χ3v) is 8.01. The number of ether oxygens (including phenoxy) is 1. The normalized spacial score (nSPS) is 14.2. The fourth-order valence-corrected chi connectivity index (χ4v) is 5.61. The maximum Gasteiger partial charge on any atom is 0.236 e. The van der Waals surface area contributed by atoms with Crippen LogP contribution in [0.4, 0.5) is 16.0 Å². The lowest BCUT2D eigenvalue weighted by Crippen LogP contribution is -2.46. The van der Waals surface area contributed by atoms with Crippen LogP contribution in [0.3, 0.4) is 0 Å². The zero-order valence-electron chi connectivity index (χ0n) is 20.0. The van der Waals surface area contributed by atoms with Gasteiger partial charge in [-0.15, -0.1) is 0 Å². The SMILES string of the molecule is COc1ccc(N2CCN(c3oc(-c4ccccc4C)nc3S(=O)(=O)c3ccc(F)cc3)CC2)cc1. The highest BCUT2D eigenvalue weighted by Gasteiger charge is 2.33. The number of oxazole rings is 1. The predicted molar refractivity (Wildman–Crippen MR) is 136 cm³/mol. The van der Waals surface area contributed by atoms with E-state index < -0.39 is 15.7 Å². The van der Waals surface area contributed by atoms with Crippen molar-refractivity contribution in [3.63, 3.8) is 0 Å². The van der Waals surface area contributed by atoms with Crippen LogP contribution in [0.2, 0.25) is 0 Å². The summed E-state index contributed by atoms with van der Waals surface area (Å²) in [7, 11) is -2.42. The number of halogens is 1. The van der Waals surface area contributed by atoms with Gasteiger partial charge in [-0.05, 0) is 67.1 Å². The Morgan fingerprint density at radius 2 is 1.53 bits per heavy atom. The van der Waals surface area contributed by atoms with Crippen molar-refractivity contribution in [1.82, 2.24) is 4.98 Å². The van der Waals surface area contributed by atoms with Crippen LogP contribution in [0.1, 0.15) is 5.56 Å². The Bertz CT molecular complexity index is 1460. The zero-order chi connectivity index (χ0) is 25.3. The van der Waals surface area contributed by atoms with Crippen LogP contribution < -0.4 is 14.5 Å². The first-order valence-corrected chi connectivity index (χ1v) is 13.1. The Morgan fingerprint density at radius 1 is 0.889 bits per heavy atom. The number of aryl methyl sites for hydroxylation is 1. The average molecular weight is 508 g/mol. The highest BCUT2D eigenvalue weighted by molar-refractivity contribution is 7.91. The van der Waals surface area contributed by atoms with E-state index in [1.165, 1.54) is 12.1 Å². The molecule has 0 N–H and O–H groups in total. The summed E-state index contributed by atoms with van der Waals surface area (Å²) in [5, 5.41) is -0.162. The quantitative estimate of drug-likeness (QED) is 0.342. The monoisotopic (exact) mass is 507 g/mol. The summed E-state index contributed by atoms with van der Waals surface area (Å²) < 4.78 is 52.1. The van der Waals surface area contributed by atoms with Gasteiger partial charge in [-0.1, -0.05) is 18.2 Å². The molecule has 186 valence electrons. The van der Waals surface area contributed by atoms with Gasteiger partial charge in [-0.2, -0.15) is 4.98 Å². The number of hydrogen-bond donors (Lipinski definition) is 0. The van der Waals surface area contributed by atoms with Crippen LogP contribution in [0.25, 0.3) is 11.5 Å². The van der Waals surface area contributed by atoms with Gasteiger partial charge >= 0.3 is 0 Å². The number of aromatic nitrogens is 1. The Balaban J connectivity index is 1.49. The fraction of sp³-hybridized carbons (Fsp3) is 0.222. The number of piperazine rings is 1. The van der Waals surface area contributed by atoms with E-state index in [1.807, 2.05) is 60.4 Å². The average Bonchev–Trinajstić information content (AvgIpc) is 3.36. The Hall–Kier alpha value is -3.85. The van der Waals surface area contributed by atoms with Gasteiger partial charge in [0.15, 0.2) is 0 Å². The minimum atomic E-state index is -4.05. The lowest BCUT2D eigenvalue weighted by atomic mass is 10.1. The summed E-state index contributed by atoms with van der Waals surface area (Å²) in [6.45, 7) is 4.34. The Morgan fingerprint density at radius 3 is 2.17 bits per heavy atom. The van der Waals surface area contributed by atoms with Crippen LogP contribution in [0.5, 0.6) is 5.75 Å². The smallest absolute Gasteiger partial charge is 0.236 e. The maximum absolute atomic E-state index is 13.6. The summed E-state index contributed by atoms with van der Waals surface area (Å²) in [4.78, 5) is 8.56. The molecule has 3 aromatic carbocycles. The number of nitrogens with zero attached hydrogens (tertiary/aromatic N) is 3. The van der Waals surface area contributed by atoms with E-state index >= 15 is 0 Å². The van der Waals surface area contributed by atoms with Gasteiger partial charge in [-0.3, -0.25) is 0 Å². The minimum absolute atomic E-state index is 0.0355. The number of benzene rings is 3. The Kier molecular flexibility index (Phi) is 6.40. The lowest BCUT2D eigenvalue weighted by Gasteiger charge is -2.36. The summed E-state index contributed by atoms with van der Waals surface area (Å²) in [6.07, 6.45) is 0. The first-order chi connectivity index (χ1) is 17.4. The molecule has 0 saturated carbocycles. The molecule has 0 atom stereocenters. The first kappa shape index (κ1) is 23.9. The second kappa shape index (κ2) is 9.66. The van der Waals surface area contributed by atoms with Crippen molar-refractivity contribution in [3.8, 4) is 17.2 Å². The molecule has 0 bridgehead atoms. The predicted octanol–water partition coefficient (Wildman–Crippen LogP) is 4.96. The molecule has 2 heterocycles. The molecule has 1 saturated heterocycles. The molecule has 0 spiro atoms. The summed E-state index contributed by atoms with van der Waals surface area (Å²) in [5.41, 5.74) is 2.70. The molecule has 36 heavy (non-hydrogen) atoms. The number of sulfone groups is 1. The van der Waals surface area contributed by atoms with Gasteiger partial charge in [0.05, 0.1) is 12.0 Å². The van der Waals surface area contributed by atoms with E-state index in [4.69, 9.17) is 9.15 Å². The topological polar surface area (TPSA) is 75.9 Å². The molecule has 5 rings (SSSR count). The van der Waals surface area contributed by atoms with Crippen molar-refractivity contribution in [2.75, 3.05) is 43.1 Å². The van der Waals surface area contributed by atoms with Crippen molar-refractivity contribution in [2.45, 2.75) is 16.8 Å². The number of anilines is 2. The van der Waals surface area contributed by atoms with Gasteiger partial charge in [0.25, 0.3) is 0 Å². The molecule has 1 fully saturated rings. The minimum Gasteiger partial charge on any atom is -0.497 e. The molecule has 1 aliphatic rings. The molecular formula is C27H26FN3O4S. The second-order valence-corrected chi connectivity index (χ2v) is 10.4.